The van der Waals surface area contributed by atoms with Gasteiger partial charge in [0, 0.05) is 35.7 Å². The molecule has 0 spiro atoms. The van der Waals surface area contributed by atoms with Gasteiger partial charge in [0.2, 0.25) is 0 Å². The van der Waals surface area contributed by atoms with Gasteiger partial charge in [-0.25, -0.2) is 4.98 Å². The number of phenolic OH excluding ortho intramolecular Hbond substituents is 1. The standard InChI is InChI=1S/C61H58N3O.Pt/c1-37(2)46-28-47(38(3)4)30-50(29-46)44-23-24-57(41(9)27-44)64-58-22-16-21-53(59(58)63-61(64)55-35-48(39(5)6)34-54(40(7)8)60(55)65)51-31-49(43-19-14-11-15-20-43)32-52(33-51)56-36-45(25-26-62-56)42-17-12-10-13-18-42;/h10-32,34-40,65H,1-9H3;/q-1;/i37D,38D;. The monoisotopic (exact) mass is 1050 g/mol. The number of phenols is 1. The van der Waals surface area contributed by atoms with Crippen LogP contribution in [0.4, 0.5) is 0 Å². The van der Waals surface area contributed by atoms with Gasteiger partial charge in [-0.05, 0) is 117 Å². The maximum Gasteiger partial charge on any atom is 0.148 e. The van der Waals surface area contributed by atoms with Crippen molar-refractivity contribution in [2.45, 2.75) is 85.9 Å². The number of fused-ring (bicyclic) bond motifs is 1. The largest absolute Gasteiger partial charge is 0.507 e. The Morgan fingerprint density at radius 1 is 0.545 bits per heavy atom. The molecule has 7 aromatic carbocycles. The van der Waals surface area contributed by atoms with Crippen molar-refractivity contribution >= 4 is 11.0 Å². The van der Waals surface area contributed by atoms with Gasteiger partial charge >= 0.3 is 0 Å². The topological polar surface area (TPSA) is 50.9 Å². The minimum atomic E-state index is -0.837. The second kappa shape index (κ2) is 19.2. The molecule has 66 heavy (non-hydrogen) atoms. The van der Waals surface area contributed by atoms with Gasteiger partial charge in [-0.15, -0.1) is 23.8 Å². The molecule has 0 bridgehead atoms. The van der Waals surface area contributed by atoms with Gasteiger partial charge < -0.3 is 5.11 Å². The number of hydrogen-bond donors (Lipinski definition) is 1. The molecule has 0 aliphatic rings. The number of hydrogen-bond acceptors (Lipinski definition) is 3. The SMILES string of the molecule is [2H]C(C)(C)c1cc(-c2ccc(-n3c(-c4cc(C(C)C)cc(C(C)C)c4O)nc4c(-c5[c-]c(-c6cc(-c7ccccc7)ccn6)cc(-c6ccccc6)c5)cccc43)c(C)c2)cc(C([2H])(C)C)c1.[Pt]. The molecule has 0 aliphatic heterocycles. The van der Waals surface area contributed by atoms with Gasteiger partial charge in [0.25, 0.3) is 0 Å². The van der Waals surface area contributed by atoms with Gasteiger partial charge in [0.05, 0.1) is 22.3 Å². The summed E-state index contributed by atoms with van der Waals surface area (Å²) in [5.41, 5.74) is 17.8. The first-order chi connectivity index (χ1) is 31.9. The molecule has 0 fully saturated rings. The Morgan fingerprint density at radius 3 is 1.79 bits per heavy atom. The predicted molar refractivity (Wildman–Crippen MR) is 273 cm³/mol. The van der Waals surface area contributed by atoms with Gasteiger partial charge in [-0.3, -0.25) is 9.55 Å². The number of aromatic hydroxyl groups is 1. The number of aromatic nitrogens is 3. The van der Waals surface area contributed by atoms with E-state index < -0.39 is 11.8 Å². The summed E-state index contributed by atoms with van der Waals surface area (Å²) in [7, 11) is 0. The molecule has 0 saturated carbocycles. The predicted octanol–water partition coefficient (Wildman–Crippen LogP) is 16.7. The summed E-state index contributed by atoms with van der Waals surface area (Å²) in [6.45, 7) is 18.3. The molecule has 1 N–H and O–H groups in total. The first kappa shape index (κ1) is 43.5. The molecule has 2 heterocycles. The van der Waals surface area contributed by atoms with Crippen molar-refractivity contribution < 1.29 is 28.9 Å². The molecule has 9 aromatic rings. The number of benzene rings is 7. The van der Waals surface area contributed by atoms with Crippen LogP contribution in [0.15, 0.2) is 158 Å². The number of pyridine rings is 1. The van der Waals surface area contributed by atoms with E-state index in [9.17, 15) is 5.11 Å². The van der Waals surface area contributed by atoms with E-state index in [-0.39, 0.29) is 38.7 Å². The molecule has 4 nitrogen and oxygen atoms in total. The smallest absolute Gasteiger partial charge is 0.148 e. The number of rotatable bonds is 11. The van der Waals surface area contributed by atoms with Crippen LogP contribution in [-0.2, 0) is 21.1 Å². The Bertz CT molecular complexity index is 3260. The Balaban J connectivity index is 0.00000625. The van der Waals surface area contributed by atoms with E-state index in [1.54, 1.807) is 0 Å². The maximum absolute atomic E-state index is 12.3. The Kier molecular flexibility index (Phi) is 12.7. The second-order valence-electron chi connectivity index (χ2n) is 18.4. The summed E-state index contributed by atoms with van der Waals surface area (Å²) in [6.07, 6.45) is 1.87. The van der Waals surface area contributed by atoms with Crippen LogP contribution in [0, 0.1) is 13.0 Å². The van der Waals surface area contributed by atoms with Gasteiger partial charge in [-0.1, -0.05) is 181 Å². The molecule has 5 heteroatoms. The van der Waals surface area contributed by atoms with E-state index in [0.29, 0.717) is 11.4 Å². The Morgan fingerprint density at radius 2 is 1.17 bits per heavy atom. The summed E-state index contributed by atoms with van der Waals surface area (Å²) < 4.78 is 20.0. The number of aryl methyl sites for hydroxylation is 1. The van der Waals surface area contributed by atoms with Crippen LogP contribution in [0.2, 0.25) is 0 Å². The fourth-order valence-electron chi connectivity index (χ4n) is 8.86. The van der Waals surface area contributed by atoms with Crippen LogP contribution in [0.5, 0.6) is 5.75 Å². The fourth-order valence-corrected chi connectivity index (χ4v) is 8.86. The number of imidazole rings is 1. The van der Waals surface area contributed by atoms with Crippen molar-refractivity contribution in [1.82, 2.24) is 14.5 Å². The minimum Gasteiger partial charge on any atom is -0.507 e. The molecule has 0 aliphatic carbocycles. The van der Waals surface area contributed by atoms with Crippen LogP contribution < -0.4 is 0 Å². The molecule has 0 atom stereocenters. The molecule has 0 unspecified atom stereocenters. The van der Waals surface area contributed by atoms with Gasteiger partial charge in [0.1, 0.15) is 11.6 Å². The average Bonchev–Trinajstić information content (AvgIpc) is 3.70. The van der Waals surface area contributed by atoms with Crippen molar-refractivity contribution in [3.8, 4) is 78.6 Å². The van der Waals surface area contributed by atoms with Crippen molar-refractivity contribution in [3.05, 3.63) is 192 Å². The van der Waals surface area contributed by atoms with Crippen LogP contribution in [-0.4, -0.2) is 19.6 Å². The normalized spacial score (nSPS) is 12.3. The fraction of sp³-hybridized carbons (Fsp3) is 0.213. The Labute approximate surface area is 408 Å². The molecule has 2 aromatic heterocycles. The molecule has 0 saturated heterocycles. The zero-order valence-electron chi connectivity index (χ0n) is 41.3. The summed E-state index contributed by atoms with van der Waals surface area (Å²) in [5.74, 6) is -0.494. The maximum atomic E-state index is 12.3. The zero-order valence-corrected chi connectivity index (χ0v) is 41.5. The molecular weight excluding hydrogens is 986 g/mol. The van der Waals surface area contributed by atoms with E-state index in [1.165, 1.54) is 0 Å². The molecule has 0 amide bonds. The first-order valence-electron chi connectivity index (χ1n) is 23.8. The van der Waals surface area contributed by atoms with E-state index in [4.69, 9.17) is 12.7 Å². The average molecular weight is 1050 g/mol. The quantitative estimate of drug-likeness (QED) is 0.131. The number of para-hydroxylation sites is 1. The van der Waals surface area contributed by atoms with Crippen molar-refractivity contribution in [2.24, 2.45) is 0 Å². The van der Waals surface area contributed by atoms with Crippen LogP contribution >= 0.6 is 0 Å². The van der Waals surface area contributed by atoms with Gasteiger partial charge in [-0.2, -0.15) is 0 Å². The third-order valence-corrected chi connectivity index (χ3v) is 12.6. The molecule has 9 rings (SSSR count). The van der Waals surface area contributed by atoms with E-state index in [1.807, 2.05) is 58.2 Å². The summed E-state index contributed by atoms with van der Waals surface area (Å²) in [5, 5.41) is 12.3. The number of nitrogens with zero attached hydrogens (tertiary/aromatic N) is 3. The summed E-state index contributed by atoms with van der Waals surface area (Å²) in [4.78, 5) is 10.5. The van der Waals surface area contributed by atoms with Crippen LogP contribution in [0.3, 0.4) is 0 Å². The van der Waals surface area contributed by atoms with Crippen molar-refractivity contribution in [1.29, 1.82) is 0 Å². The second-order valence-corrected chi connectivity index (χ2v) is 18.4. The van der Waals surface area contributed by atoms with Gasteiger partial charge in [0.15, 0.2) is 0 Å². The van der Waals surface area contributed by atoms with E-state index in [2.05, 4.69) is 173 Å². The molecule has 0 radical (unpaired) electrons. The minimum absolute atomic E-state index is 0. The van der Waals surface area contributed by atoms with Crippen LogP contribution in [0.1, 0.15) is 110 Å². The third-order valence-electron chi connectivity index (χ3n) is 12.6. The third kappa shape index (κ3) is 9.09. The van der Waals surface area contributed by atoms with E-state index >= 15 is 0 Å². The molecular formula is C61H58N3OPt-. The summed E-state index contributed by atoms with van der Waals surface area (Å²) in [6, 6.07) is 56.3. The van der Waals surface area contributed by atoms with E-state index in [0.717, 1.165) is 100 Å². The van der Waals surface area contributed by atoms with Crippen molar-refractivity contribution in [2.75, 3.05) is 0 Å². The summed E-state index contributed by atoms with van der Waals surface area (Å²) >= 11 is 0. The van der Waals surface area contributed by atoms with Crippen LogP contribution in [0.25, 0.3) is 83.9 Å². The molecule has 334 valence electrons. The first-order valence-corrected chi connectivity index (χ1v) is 22.8. The van der Waals surface area contributed by atoms with Crippen molar-refractivity contribution in [3.63, 3.8) is 0 Å². The zero-order chi connectivity index (χ0) is 47.4. The Hall–Kier alpha value is -6.35.